The molecular formula is C17H25ClN2O3. The van der Waals surface area contributed by atoms with E-state index in [9.17, 15) is 4.79 Å². The van der Waals surface area contributed by atoms with Gasteiger partial charge in [-0.1, -0.05) is 12.5 Å². The van der Waals surface area contributed by atoms with Crippen LogP contribution in [0.3, 0.4) is 0 Å². The summed E-state index contributed by atoms with van der Waals surface area (Å²) in [7, 11) is 3.14. The SMILES string of the molecule is COc1cccc(C(=O)N2CC3CCCC(N)C3C2)c1OC.Cl. The summed E-state index contributed by atoms with van der Waals surface area (Å²) < 4.78 is 10.7. The molecule has 5 nitrogen and oxygen atoms in total. The van der Waals surface area contributed by atoms with Crippen molar-refractivity contribution in [1.82, 2.24) is 4.90 Å². The summed E-state index contributed by atoms with van der Waals surface area (Å²) >= 11 is 0. The van der Waals surface area contributed by atoms with Crippen LogP contribution < -0.4 is 15.2 Å². The number of methoxy groups -OCH3 is 2. The van der Waals surface area contributed by atoms with Crippen molar-refractivity contribution >= 4 is 18.3 Å². The topological polar surface area (TPSA) is 64.8 Å². The smallest absolute Gasteiger partial charge is 0.257 e. The van der Waals surface area contributed by atoms with Gasteiger partial charge in [-0.25, -0.2) is 0 Å². The van der Waals surface area contributed by atoms with Gasteiger partial charge in [0.1, 0.15) is 0 Å². The van der Waals surface area contributed by atoms with E-state index in [4.69, 9.17) is 15.2 Å². The first-order valence-corrected chi connectivity index (χ1v) is 7.91. The molecule has 3 atom stereocenters. The zero-order valence-electron chi connectivity index (χ0n) is 13.7. The number of rotatable bonds is 3. The molecule has 2 fully saturated rings. The Kier molecular flexibility index (Phi) is 5.76. The van der Waals surface area contributed by atoms with Crippen LogP contribution in [-0.4, -0.2) is 44.2 Å². The van der Waals surface area contributed by atoms with Gasteiger partial charge in [0.15, 0.2) is 11.5 Å². The number of para-hydroxylation sites is 1. The highest BCUT2D eigenvalue weighted by atomic mass is 35.5. The average molecular weight is 341 g/mol. The average Bonchev–Trinajstić information content (AvgIpc) is 2.99. The highest BCUT2D eigenvalue weighted by Gasteiger charge is 2.41. The summed E-state index contributed by atoms with van der Waals surface area (Å²) in [6, 6.07) is 5.65. The van der Waals surface area contributed by atoms with Gasteiger partial charge in [-0.2, -0.15) is 0 Å². The van der Waals surface area contributed by atoms with Gasteiger partial charge in [0, 0.05) is 19.1 Å². The second kappa shape index (κ2) is 7.41. The molecule has 1 aromatic rings. The summed E-state index contributed by atoms with van der Waals surface area (Å²) in [5, 5.41) is 0. The predicted molar refractivity (Wildman–Crippen MR) is 91.5 cm³/mol. The third kappa shape index (κ3) is 3.26. The summed E-state index contributed by atoms with van der Waals surface area (Å²) in [6.07, 6.45) is 3.43. The first-order chi connectivity index (χ1) is 10.7. The first kappa shape index (κ1) is 17.9. The lowest BCUT2D eigenvalue weighted by molar-refractivity contribution is 0.0779. The lowest BCUT2D eigenvalue weighted by Gasteiger charge is -2.29. The number of nitrogens with two attached hydrogens (primary N) is 1. The Labute approximate surface area is 143 Å². The van der Waals surface area contributed by atoms with Crippen LogP contribution in [0.5, 0.6) is 11.5 Å². The second-order valence-electron chi connectivity index (χ2n) is 6.27. The van der Waals surface area contributed by atoms with E-state index in [2.05, 4.69) is 0 Å². The fourth-order valence-corrected chi connectivity index (χ4v) is 3.91. The number of hydrogen-bond donors (Lipinski definition) is 1. The molecule has 2 aliphatic rings. The fraction of sp³-hybridized carbons (Fsp3) is 0.588. The lowest BCUT2D eigenvalue weighted by atomic mass is 9.78. The number of amides is 1. The van der Waals surface area contributed by atoms with Gasteiger partial charge in [0.25, 0.3) is 5.91 Å². The van der Waals surface area contributed by atoms with E-state index in [1.54, 1.807) is 26.4 Å². The molecule has 0 bridgehead atoms. The Morgan fingerprint density at radius 2 is 2.00 bits per heavy atom. The fourth-order valence-electron chi connectivity index (χ4n) is 3.91. The number of ether oxygens (including phenoxy) is 2. The van der Waals surface area contributed by atoms with Crippen molar-refractivity contribution in [3.8, 4) is 11.5 Å². The number of likely N-dealkylation sites (tertiary alicyclic amines) is 1. The molecule has 1 saturated heterocycles. The van der Waals surface area contributed by atoms with Crippen molar-refractivity contribution in [1.29, 1.82) is 0 Å². The van der Waals surface area contributed by atoms with Gasteiger partial charge in [-0.15, -0.1) is 12.4 Å². The molecule has 1 aliphatic heterocycles. The minimum Gasteiger partial charge on any atom is -0.493 e. The molecule has 2 N–H and O–H groups in total. The number of halogens is 1. The Morgan fingerprint density at radius 3 is 2.65 bits per heavy atom. The normalized spacial score (nSPS) is 26.2. The number of benzene rings is 1. The van der Waals surface area contributed by atoms with Crippen molar-refractivity contribution in [2.45, 2.75) is 25.3 Å². The zero-order valence-corrected chi connectivity index (χ0v) is 14.5. The van der Waals surface area contributed by atoms with Crippen LogP contribution >= 0.6 is 12.4 Å². The molecule has 1 heterocycles. The maximum atomic E-state index is 12.9. The minimum absolute atomic E-state index is 0. The molecule has 128 valence electrons. The molecule has 1 aliphatic carbocycles. The molecule has 1 aromatic carbocycles. The Bertz CT molecular complexity index is 567. The van der Waals surface area contributed by atoms with Crippen molar-refractivity contribution in [2.24, 2.45) is 17.6 Å². The van der Waals surface area contributed by atoms with E-state index >= 15 is 0 Å². The quantitative estimate of drug-likeness (QED) is 0.917. The molecule has 23 heavy (non-hydrogen) atoms. The van der Waals surface area contributed by atoms with Crippen LogP contribution in [0.25, 0.3) is 0 Å². The summed E-state index contributed by atoms with van der Waals surface area (Å²) in [4.78, 5) is 14.8. The standard InChI is InChI=1S/C17H24N2O3.ClH/c1-21-15-8-4-6-12(16(15)22-2)17(20)19-9-11-5-3-7-14(18)13(11)10-19;/h4,6,8,11,13-14H,3,5,7,9-10,18H2,1-2H3;1H. The molecule has 1 amide bonds. The number of nitrogens with zero attached hydrogens (tertiary/aromatic N) is 1. The molecule has 0 aromatic heterocycles. The molecule has 0 radical (unpaired) electrons. The van der Waals surface area contributed by atoms with Crippen LogP contribution in [0.2, 0.25) is 0 Å². The van der Waals surface area contributed by atoms with Crippen molar-refractivity contribution < 1.29 is 14.3 Å². The predicted octanol–water partition coefficient (Wildman–Crippen LogP) is 2.33. The molecule has 1 saturated carbocycles. The molecule has 6 heteroatoms. The van der Waals surface area contributed by atoms with Gasteiger partial charge in [-0.05, 0) is 36.8 Å². The van der Waals surface area contributed by atoms with E-state index < -0.39 is 0 Å². The number of carbonyl (C=O) groups excluding carboxylic acids is 1. The molecular weight excluding hydrogens is 316 g/mol. The monoisotopic (exact) mass is 340 g/mol. The maximum Gasteiger partial charge on any atom is 0.257 e. The van der Waals surface area contributed by atoms with Crippen LogP contribution in [0.4, 0.5) is 0 Å². The molecule has 0 spiro atoms. The van der Waals surface area contributed by atoms with Crippen LogP contribution in [-0.2, 0) is 0 Å². The van der Waals surface area contributed by atoms with Crippen molar-refractivity contribution in [3.05, 3.63) is 23.8 Å². The van der Waals surface area contributed by atoms with Gasteiger partial charge in [-0.3, -0.25) is 4.79 Å². The van der Waals surface area contributed by atoms with Crippen LogP contribution in [0, 0.1) is 11.8 Å². The van der Waals surface area contributed by atoms with E-state index in [-0.39, 0.29) is 24.4 Å². The van der Waals surface area contributed by atoms with Crippen LogP contribution in [0.1, 0.15) is 29.6 Å². The Hall–Kier alpha value is -1.46. The largest absolute Gasteiger partial charge is 0.493 e. The summed E-state index contributed by atoms with van der Waals surface area (Å²) in [6.45, 7) is 1.56. The minimum atomic E-state index is 0. The maximum absolute atomic E-state index is 12.9. The number of carbonyl (C=O) groups is 1. The van der Waals surface area contributed by atoms with E-state index in [0.717, 1.165) is 19.5 Å². The van der Waals surface area contributed by atoms with Gasteiger partial charge < -0.3 is 20.1 Å². The second-order valence-corrected chi connectivity index (χ2v) is 6.27. The number of hydrogen-bond acceptors (Lipinski definition) is 4. The van der Waals surface area contributed by atoms with E-state index in [1.807, 2.05) is 11.0 Å². The number of fused-ring (bicyclic) bond motifs is 1. The van der Waals surface area contributed by atoms with Gasteiger partial charge in [0.2, 0.25) is 0 Å². The van der Waals surface area contributed by atoms with Crippen molar-refractivity contribution in [2.75, 3.05) is 27.3 Å². The molecule has 3 rings (SSSR count). The van der Waals surface area contributed by atoms with E-state index in [1.165, 1.54) is 12.8 Å². The zero-order chi connectivity index (χ0) is 15.7. The molecule has 3 unspecified atom stereocenters. The lowest BCUT2D eigenvalue weighted by Crippen LogP contribution is -2.38. The van der Waals surface area contributed by atoms with Gasteiger partial charge >= 0.3 is 0 Å². The Balaban J connectivity index is 0.00000192. The van der Waals surface area contributed by atoms with Gasteiger partial charge in [0.05, 0.1) is 19.8 Å². The third-order valence-electron chi connectivity index (χ3n) is 5.07. The van der Waals surface area contributed by atoms with E-state index in [0.29, 0.717) is 28.9 Å². The Morgan fingerprint density at radius 1 is 1.22 bits per heavy atom. The van der Waals surface area contributed by atoms with Crippen molar-refractivity contribution in [3.63, 3.8) is 0 Å². The summed E-state index contributed by atoms with van der Waals surface area (Å²) in [5.41, 5.74) is 6.80. The third-order valence-corrected chi connectivity index (χ3v) is 5.07. The highest BCUT2D eigenvalue weighted by molar-refractivity contribution is 5.98. The highest BCUT2D eigenvalue weighted by Crippen LogP contribution is 2.38. The first-order valence-electron chi connectivity index (χ1n) is 7.91. The van der Waals surface area contributed by atoms with Crippen LogP contribution in [0.15, 0.2) is 18.2 Å². The summed E-state index contributed by atoms with van der Waals surface area (Å²) in [5.74, 6) is 2.09.